The maximum absolute atomic E-state index is 13.2. The number of phenols is 1. The van der Waals surface area contributed by atoms with E-state index in [9.17, 15) is 23.5 Å². The number of rotatable bonds is 1. The van der Waals surface area contributed by atoms with Crippen molar-refractivity contribution < 1.29 is 27.9 Å². The van der Waals surface area contributed by atoms with Crippen LogP contribution >= 0.6 is 0 Å². The van der Waals surface area contributed by atoms with Crippen molar-refractivity contribution in [3.63, 3.8) is 0 Å². The third-order valence-electron chi connectivity index (χ3n) is 3.13. The van der Waals surface area contributed by atoms with Crippen LogP contribution < -0.4 is 0 Å². The monoisotopic (exact) mass is 278 g/mol. The van der Waals surface area contributed by atoms with Crippen LogP contribution in [0.25, 0.3) is 0 Å². The largest absolute Gasteiger partial charge is 0.507 e. The molecule has 0 fully saturated rings. The van der Waals surface area contributed by atoms with Gasteiger partial charge in [0.05, 0.1) is 11.1 Å². The summed E-state index contributed by atoms with van der Waals surface area (Å²) in [5.74, 6) is -6.22. The number of hydrogen-bond acceptors (Lipinski definition) is 4. The standard InChI is InChI=1S/C14H8F2O4/c1-14(15,16)9-5-7-11(18)10-6(3-2-4-8(10)17)12(19)13(7)20-9/h2-5,17H,1H3. The first-order chi connectivity index (χ1) is 9.30. The number of hydrogen-bond donors (Lipinski definition) is 1. The Bertz CT molecular complexity index is 753. The molecule has 0 atom stereocenters. The molecule has 0 unspecified atom stereocenters. The number of fused-ring (bicyclic) bond motifs is 2. The minimum Gasteiger partial charge on any atom is -0.507 e. The zero-order valence-electron chi connectivity index (χ0n) is 10.2. The zero-order chi connectivity index (χ0) is 14.7. The lowest BCUT2D eigenvalue weighted by atomic mass is 9.88. The van der Waals surface area contributed by atoms with Gasteiger partial charge in [-0.1, -0.05) is 6.07 Å². The van der Waals surface area contributed by atoms with E-state index < -0.39 is 29.0 Å². The van der Waals surface area contributed by atoms with Crippen molar-refractivity contribution in [2.75, 3.05) is 0 Å². The molecular formula is C14H8F2O4. The van der Waals surface area contributed by atoms with Crippen molar-refractivity contribution >= 4 is 11.6 Å². The Morgan fingerprint density at radius 3 is 2.50 bits per heavy atom. The highest BCUT2D eigenvalue weighted by molar-refractivity contribution is 6.28. The van der Waals surface area contributed by atoms with Crippen LogP contribution in [0, 0.1) is 0 Å². The average Bonchev–Trinajstić information content (AvgIpc) is 2.81. The van der Waals surface area contributed by atoms with Gasteiger partial charge in [0.2, 0.25) is 11.6 Å². The summed E-state index contributed by atoms with van der Waals surface area (Å²) >= 11 is 0. The molecule has 0 saturated carbocycles. The summed E-state index contributed by atoms with van der Waals surface area (Å²) in [6.45, 7) is 0.608. The highest BCUT2D eigenvalue weighted by Gasteiger charge is 2.39. The number of phenolic OH excluding ortho intramolecular Hbond substituents is 1. The summed E-state index contributed by atoms with van der Waals surface area (Å²) in [5, 5.41) is 9.68. The lowest BCUT2D eigenvalue weighted by Gasteiger charge is -2.13. The van der Waals surface area contributed by atoms with E-state index in [-0.39, 0.29) is 22.4 Å². The van der Waals surface area contributed by atoms with Gasteiger partial charge in [0.25, 0.3) is 0 Å². The molecule has 102 valence electrons. The molecule has 2 aromatic rings. The maximum atomic E-state index is 13.2. The number of halogens is 2. The number of carbonyl (C=O) groups excluding carboxylic acids is 2. The van der Waals surface area contributed by atoms with Gasteiger partial charge in [0.15, 0.2) is 11.5 Å². The number of carbonyl (C=O) groups is 2. The van der Waals surface area contributed by atoms with Gasteiger partial charge in [-0.15, -0.1) is 0 Å². The third kappa shape index (κ3) is 1.57. The Kier molecular flexibility index (Phi) is 2.35. The first-order valence-corrected chi connectivity index (χ1v) is 5.74. The van der Waals surface area contributed by atoms with Crippen LogP contribution in [0.15, 0.2) is 28.7 Å². The SMILES string of the molecule is CC(F)(F)c1cc2c(o1)C(=O)c1cccc(O)c1C2=O. The average molecular weight is 278 g/mol. The number of alkyl halides is 2. The minimum absolute atomic E-state index is 0.0529. The van der Waals surface area contributed by atoms with Crippen LogP contribution in [-0.2, 0) is 5.92 Å². The van der Waals surface area contributed by atoms with Crippen molar-refractivity contribution in [2.24, 2.45) is 0 Å². The van der Waals surface area contributed by atoms with Gasteiger partial charge < -0.3 is 9.52 Å². The fourth-order valence-corrected chi connectivity index (χ4v) is 2.17. The smallest absolute Gasteiger partial charge is 0.301 e. The van der Waals surface area contributed by atoms with E-state index in [0.29, 0.717) is 6.92 Å². The Hall–Kier alpha value is -2.50. The quantitative estimate of drug-likeness (QED) is 0.743. The Labute approximate surface area is 111 Å². The second-order valence-corrected chi connectivity index (χ2v) is 4.60. The van der Waals surface area contributed by atoms with Gasteiger partial charge in [-0.05, 0) is 18.2 Å². The Balaban J connectivity index is 2.27. The molecule has 0 spiro atoms. The van der Waals surface area contributed by atoms with Crippen LogP contribution in [0.5, 0.6) is 5.75 Å². The second kappa shape index (κ2) is 3.75. The van der Waals surface area contributed by atoms with E-state index in [1.807, 2.05) is 0 Å². The molecule has 1 heterocycles. The van der Waals surface area contributed by atoms with Crippen molar-refractivity contribution in [3.8, 4) is 5.75 Å². The number of aromatic hydroxyl groups is 1. The number of benzene rings is 1. The molecule has 0 bridgehead atoms. The van der Waals surface area contributed by atoms with E-state index in [4.69, 9.17) is 4.42 Å². The summed E-state index contributed by atoms with van der Waals surface area (Å²) in [6.07, 6.45) is 0. The Morgan fingerprint density at radius 1 is 1.15 bits per heavy atom. The summed E-state index contributed by atoms with van der Waals surface area (Å²) in [6, 6.07) is 4.84. The molecule has 4 nitrogen and oxygen atoms in total. The van der Waals surface area contributed by atoms with E-state index >= 15 is 0 Å². The topological polar surface area (TPSA) is 67.5 Å². The van der Waals surface area contributed by atoms with Crippen LogP contribution in [0.4, 0.5) is 8.78 Å². The van der Waals surface area contributed by atoms with Gasteiger partial charge in [-0.25, -0.2) is 0 Å². The summed E-state index contributed by atoms with van der Waals surface area (Å²) in [4.78, 5) is 24.3. The predicted molar refractivity (Wildman–Crippen MR) is 63.2 cm³/mol. The van der Waals surface area contributed by atoms with Crippen LogP contribution in [-0.4, -0.2) is 16.7 Å². The van der Waals surface area contributed by atoms with Gasteiger partial charge in [0, 0.05) is 12.5 Å². The third-order valence-corrected chi connectivity index (χ3v) is 3.13. The minimum atomic E-state index is -3.30. The molecule has 0 aliphatic heterocycles. The predicted octanol–water partition coefficient (Wildman–Crippen LogP) is 2.87. The van der Waals surface area contributed by atoms with Gasteiger partial charge in [0.1, 0.15) is 5.75 Å². The highest BCUT2D eigenvalue weighted by Crippen LogP contribution is 2.37. The molecule has 1 aliphatic rings. The van der Waals surface area contributed by atoms with E-state index in [0.717, 1.165) is 6.07 Å². The van der Waals surface area contributed by atoms with Gasteiger partial charge in [-0.3, -0.25) is 9.59 Å². The van der Waals surface area contributed by atoms with Crippen LogP contribution in [0.3, 0.4) is 0 Å². The van der Waals surface area contributed by atoms with E-state index in [1.165, 1.54) is 18.2 Å². The molecule has 3 rings (SSSR count). The van der Waals surface area contributed by atoms with Crippen molar-refractivity contribution in [2.45, 2.75) is 12.8 Å². The van der Waals surface area contributed by atoms with Crippen molar-refractivity contribution in [1.82, 2.24) is 0 Å². The van der Waals surface area contributed by atoms with Gasteiger partial charge in [-0.2, -0.15) is 8.78 Å². The van der Waals surface area contributed by atoms with Gasteiger partial charge >= 0.3 is 5.92 Å². The summed E-state index contributed by atoms with van der Waals surface area (Å²) < 4.78 is 31.3. The molecule has 6 heteroatoms. The first kappa shape index (κ1) is 12.5. The maximum Gasteiger partial charge on any atom is 0.301 e. The lowest BCUT2D eigenvalue weighted by Crippen LogP contribution is -2.19. The number of furan rings is 1. The second-order valence-electron chi connectivity index (χ2n) is 4.60. The molecular weight excluding hydrogens is 270 g/mol. The van der Waals surface area contributed by atoms with Crippen LogP contribution in [0.1, 0.15) is 44.7 Å². The molecule has 0 saturated heterocycles. The molecule has 1 aliphatic carbocycles. The first-order valence-electron chi connectivity index (χ1n) is 5.74. The fraction of sp³-hybridized carbons (Fsp3) is 0.143. The van der Waals surface area contributed by atoms with Crippen molar-refractivity contribution in [3.05, 3.63) is 52.5 Å². The molecule has 20 heavy (non-hydrogen) atoms. The van der Waals surface area contributed by atoms with Crippen LogP contribution in [0.2, 0.25) is 0 Å². The normalized spacial score (nSPS) is 14.2. The van der Waals surface area contributed by atoms with E-state index in [2.05, 4.69) is 0 Å². The zero-order valence-corrected chi connectivity index (χ0v) is 10.2. The number of ketones is 2. The summed E-state index contributed by atoms with van der Waals surface area (Å²) in [5.41, 5.74) is -0.486. The van der Waals surface area contributed by atoms with E-state index in [1.54, 1.807) is 0 Å². The molecule has 0 radical (unpaired) electrons. The summed E-state index contributed by atoms with van der Waals surface area (Å²) in [7, 11) is 0. The molecule has 1 N–H and O–H groups in total. The fourth-order valence-electron chi connectivity index (χ4n) is 2.17. The van der Waals surface area contributed by atoms with Crippen molar-refractivity contribution in [1.29, 1.82) is 0 Å². The Morgan fingerprint density at radius 2 is 1.85 bits per heavy atom. The molecule has 0 amide bonds. The highest BCUT2D eigenvalue weighted by atomic mass is 19.3. The lowest BCUT2D eigenvalue weighted by molar-refractivity contribution is -0.00587. The molecule has 1 aromatic heterocycles. The molecule has 1 aromatic carbocycles.